The molecular formula is C22H24F2N2O3. The highest BCUT2D eigenvalue weighted by Gasteiger charge is 2.37. The van der Waals surface area contributed by atoms with Crippen LogP contribution in [0.4, 0.5) is 25.0 Å². The Morgan fingerprint density at radius 1 is 1.03 bits per heavy atom. The molecule has 5 nitrogen and oxygen atoms in total. The normalized spacial score (nSPS) is 15.9. The van der Waals surface area contributed by atoms with Gasteiger partial charge in [0.05, 0.1) is 24.0 Å². The number of carbonyl (C=O) groups excluding carboxylic acids is 2. The Kier molecular flexibility index (Phi) is 5.86. The van der Waals surface area contributed by atoms with Crippen molar-refractivity contribution >= 4 is 23.4 Å². The molecule has 1 aliphatic rings. The molecule has 0 saturated carbocycles. The van der Waals surface area contributed by atoms with Gasteiger partial charge in [0.1, 0.15) is 0 Å². The second-order valence-corrected chi connectivity index (χ2v) is 7.10. The molecule has 29 heavy (non-hydrogen) atoms. The van der Waals surface area contributed by atoms with Crippen molar-refractivity contribution in [2.45, 2.75) is 40.2 Å². The van der Waals surface area contributed by atoms with E-state index in [1.54, 1.807) is 11.8 Å². The molecule has 3 rings (SSSR count). The van der Waals surface area contributed by atoms with E-state index in [0.717, 1.165) is 23.3 Å². The number of hydrogen-bond donors (Lipinski definition) is 0. The van der Waals surface area contributed by atoms with Crippen LogP contribution in [0.1, 0.15) is 41.8 Å². The number of amides is 2. The third-order valence-electron chi connectivity index (χ3n) is 5.25. The van der Waals surface area contributed by atoms with Crippen molar-refractivity contribution in [2.24, 2.45) is 0 Å². The largest absolute Gasteiger partial charge is 0.449 e. The maximum atomic E-state index is 13.7. The molecule has 0 saturated heterocycles. The Morgan fingerprint density at radius 3 is 2.28 bits per heavy atom. The lowest BCUT2D eigenvalue weighted by Gasteiger charge is -2.42. The lowest BCUT2D eigenvalue weighted by atomic mass is 9.99. The van der Waals surface area contributed by atoms with Gasteiger partial charge < -0.3 is 9.64 Å². The van der Waals surface area contributed by atoms with E-state index in [-0.39, 0.29) is 24.8 Å². The van der Waals surface area contributed by atoms with Crippen LogP contribution in [0, 0.1) is 25.5 Å². The van der Waals surface area contributed by atoms with Gasteiger partial charge in [0.15, 0.2) is 11.6 Å². The summed E-state index contributed by atoms with van der Waals surface area (Å²) in [7, 11) is 0. The third-order valence-corrected chi connectivity index (χ3v) is 5.25. The van der Waals surface area contributed by atoms with E-state index < -0.39 is 23.6 Å². The van der Waals surface area contributed by atoms with Crippen LogP contribution < -0.4 is 9.80 Å². The highest BCUT2D eigenvalue weighted by atomic mass is 19.2. The van der Waals surface area contributed by atoms with Crippen LogP contribution >= 0.6 is 0 Å². The van der Waals surface area contributed by atoms with E-state index in [1.807, 2.05) is 32.9 Å². The summed E-state index contributed by atoms with van der Waals surface area (Å²) in [5.74, 6) is -2.53. The predicted octanol–water partition coefficient (Wildman–Crippen LogP) is 4.98. The third kappa shape index (κ3) is 3.81. The minimum Gasteiger partial charge on any atom is -0.449 e. The van der Waals surface area contributed by atoms with Gasteiger partial charge in [-0.1, -0.05) is 6.92 Å². The Balaban J connectivity index is 2.12. The number of hydrogen-bond acceptors (Lipinski definition) is 3. The Hall–Kier alpha value is -2.96. The molecule has 0 spiro atoms. The number of anilines is 2. The van der Waals surface area contributed by atoms with Crippen molar-refractivity contribution in [2.75, 3.05) is 23.0 Å². The monoisotopic (exact) mass is 402 g/mol. The number of fused-ring (bicyclic) bond motifs is 1. The smallest absolute Gasteiger partial charge is 0.414 e. The van der Waals surface area contributed by atoms with Gasteiger partial charge in [-0.05, 0) is 68.7 Å². The zero-order valence-corrected chi connectivity index (χ0v) is 17.0. The fourth-order valence-electron chi connectivity index (χ4n) is 3.51. The number of ether oxygens (including phenoxy) is 1. The maximum Gasteiger partial charge on any atom is 0.414 e. The predicted molar refractivity (Wildman–Crippen MR) is 108 cm³/mol. The highest BCUT2D eigenvalue weighted by Crippen LogP contribution is 2.39. The van der Waals surface area contributed by atoms with Crippen LogP contribution in [0.3, 0.4) is 0 Å². The number of halogens is 2. The van der Waals surface area contributed by atoms with Gasteiger partial charge in [-0.3, -0.25) is 9.69 Å². The van der Waals surface area contributed by atoms with Crippen molar-refractivity contribution < 1.29 is 23.1 Å². The van der Waals surface area contributed by atoms with Gasteiger partial charge >= 0.3 is 6.09 Å². The van der Waals surface area contributed by atoms with Gasteiger partial charge in [0.25, 0.3) is 5.91 Å². The molecular weight excluding hydrogens is 378 g/mol. The summed E-state index contributed by atoms with van der Waals surface area (Å²) in [5, 5.41) is 0. The molecule has 2 aromatic rings. The lowest BCUT2D eigenvalue weighted by molar-refractivity contribution is 0.0981. The molecule has 1 atom stereocenters. The maximum absolute atomic E-state index is 13.7. The molecule has 1 heterocycles. The van der Waals surface area contributed by atoms with E-state index in [2.05, 4.69) is 0 Å². The molecule has 0 aliphatic carbocycles. The SMILES string of the molecule is CCOC(=O)N1c2cc(C)c(C)cc2N(C(=O)c2ccc(F)c(F)c2)CC1CC. The Morgan fingerprint density at radius 2 is 1.69 bits per heavy atom. The Labute approximate surface area is 168 Å². The fourth-order valence-corrected chi connectivity index (χ4v) is 3.51. The average Bonchev–Trinajstić information content (AvgIpc) is 2.69. The van der Waals surface area contributed by atoms with Gasteiger partial charge in [0, 0.05) is 12.1 Å². The first-order chi connectivity index (χ1) is 13.8. The summed E-state index contributed by atoms with van der Waals surface area (Å²) in [6, 6.07) is 6.49. The Bertz CT molecular complexity index is 961. The molecule has 154 valence electrons. The van der Waals surface area contributed by atoms with Crippen molar-refractivity contribution in [3.05, 3.63) is 58.7 Å². The first-order valence-corrected chi connectivity index (χ1v) is 9.62. The van der Waals surface area contributed by atoms with Crippen molar-refractivity contribution in [1.82, 2.24) is 0 Å². The molecule has 0 aromatic heterocycles. The summed E-state index contributed by atoms with van der Waals surface area (Å²) in [6.07, 6.45) is 0.121. The van der Waals surface area contributed by atoms with Gasteiger partial charge in [0.2, 0.25) is 0 Å². The van der Waals surface area contributed by atoms with Crippen LogP contribution in [0.25, 0.3) is 0 Å². The molecule has 0 radical (unpaired) electrons. The van der Waals surface area contributed by atoms with Crippen LogP contribution in [0.2, 0.25) is 0 Å². The van der Waals surface area contributed by atoms with E-state index >= 15 is 0 Å². The number of rotatable bonds is 3. The van der Waals surface area contributed by atoms with Crippen molar-refractivity contribution in [1.29, 1.82) is 0 Å². The van der Waals surface area contributed by atoms with E-state index in [4.69, 9.17) is 4.74 Å². The van der Waals surface area contributed by atoms with Crippen LogP contribution in [0.5, 0.6) is 0 Å². The highest BCUT2D eigenvalue weighted by molar-refractivity contribution is 6.10. The zero-order valence-electron chi connectivity index (χ0n) is 17.0. The minimum atomic E-state index is -1.08. The van der Waals surface area contributed by atoms with Crippen LogP contribution in [-0.2, 0) is 4.74 Å². The molecule has 7 heteroatoms. The van der Waals surface area contributed by atoms with Crippen LogP contribution in [-0.4, -0.2) is 31.2 Å². The zero-order chi connectivity index (χ0) is 21.3. The summed E-state index contributed by atoms with van der Waals surface area (Å²) in [5.41, 5.74) is 3.08. The summed E-state index contributed by atoms with van der Waals surface area (Å²) < 4.78 is 32.3. The number of benzene rings is 2. The first-order valence-electron chi connectivity index (χ1n) is 9.62. The summed E-state index contributed by atoms with van der Waals surface area (Å²) in [6.45, 7) is 7.96. The fraction of sp³-hybridized carbons (Fsp3) is 0.364. The van der Waals surface area contributed by atoms with Gasteiger partial charge in [-0.2, -0.15) is 0 Å². The van der Waals surface area contributed by atoms with E-state index in [1.165, 1.54) is 11.0 Å². The molecule has 1 aliphatic heterocycles. The van der Waals surface area contributed by atoms with Crippen LogP contribution in [0.15, 0.2) is 30.3 Å². The summed E-state index contributed by atoms with van der Waals surface area (Å²) >= 11 is 0. The second-order valence-electron chi connectivity index (χ2n) is 7.10. The second kappa shape index (κ2) is 8.19. The molecule has 2 aromatic carbocycles. The summed E-state index contributed by atoms with van der Waals surface area (Å²) in [4.78, 5) is 29.0. The quantitative estimate of drug-likeness (QED) is 0.727. The van der Waals surface area contributed by atoms with Crippen molar-refractivity contribution in [3.63, 3.8) is 0 Å². The van der Waals surface area contributed by atoms with Gasteiger partial charge in [-0.15, -0.1) is 0 Å². The molecule has 1 unspecified atom stereocenters. The number of aryl methyl sites for hydroxylation is 2. The lowest BCUT2D eigenvalue weighted by Crippen LogP contribution is -2.53. The standard InChI is InChI=1S/C22H24F2N2O3/c1-5-16-12-25(21(27)15-7-8-17(23)18(24)11-15)19-9-13(3)14(4)10-20(19)26(16)22(28)29-6-2/h7-11,16H,5-6,12H2,1-4H3. The average molecular weight is 402 g/mol. The van der Waals surface area contributed by atoms with Gasteiger partial charge in [-0.25, -0.2) is 13.6 Å². The minimum absolute atomic E-state index is 0.0486. The number of carbonyl (C=O) groups is 2. The molecule has 2 amide bonds. The van der Waals surface area contributed by atoms with E-state index in [9.17, 15) is 18.4 Å². The molecule has 0 fully saturated rings. The topological polar surface area (TPSA) is 49.9 Å². The number of nitrogens with zero attached hydrogens (tertiary/aromatic N) is 2. The molecule has 0 N–H and O–H groups in total. The van der Waals surface area contributed by atoms with Crippen molar-refractivity contribution in [3.8, 4) is 0 Å². The van der Waals surface area contributed by atoms with E-state index in [0.29, 0.717) is 17.8 Å². The first kappa shape index (κ1) is 20.8. The molecule has 0 bridgehead atoms.